The summed E-state index contributed by atoms with van der Waals surface area (Å²) >= 11 is -3.14. The Morgan fingerprint density at radius 3 is 1.26 bits per heavy atom. The van der Waals surface area contributed by atoms with E-state index in [0.29, 0.717) is 0 Å². The molecule has 0 aliphatic heterocycles. The molecule has 0 saturated carbocycles. The van der Waals surface area contributed by atoms with Crippen LogP contribution >= 0.6 is 0 Å². The Balaban J connectivity index is 5.29. The van der Waals surface area contributed by atoms with Crippen LogP contribution in [0.2, 0.25) is 8.87 Å². The van der Waals surface area contributed by atoms with Crippen LogP contribution in [-0.2, 0) is 6.15 Å². The molecule has 0 rings (SSSR count). The normalized spacial score (nSPS) is 14.7. The van der Waals surface area contributed by atoms with Crippen LogP contribution < -0.4 is 0 Å². The summed E-state index contributed by atoms with van der Waals surface area (Å²) in [5.41, 5.74) is -0.297. The summed E-state index contributed by atoms with van der Waals surface area (Å²) in [5.74, 6) is 0. The Morgan fingerprint density at radius 2 is 1.05 bits per heavy atom. The van der Waals surface area contributed by atoms with Crippen molar-refractivity contribution in [3.05, 3.63) is 24.3 Å². The first-order valence-corrected chi connectivity index (χ1v) is 13.5. The number of allylic oxidation sites excluding steroid dienone is 4. The predicted molar refractivity (Wildman–Crippen MR) is 86.7 cm³/mol. The van der Waals surface area contributed by atoms with Crippen molar-refractivity contribution in [3.8, 4) is 0 Å². The molecule has 0 aliphatic carbocycles. The molecule has 2 nitrogen and oxygen atoms in total. The Labute approximate surface area is 125 Å². The fourth-order valence-corrected chi connectivity index (χ4v) is 13.3. The van der Waals surface area contributed by atoms with Gasteiger partial charge in [0.2, 0.25) is 0 Å². The zero-order chi connectivity index (χ0) is 15.2. The minimum absolute atomic E-state index is 0.148. The van der Waals surface area contributed by atoms with E-state index >= 15 is 0 Å². The van der Waals surface area contributed by atoms with Crippen molar-refractivity contribution in [2.45, 2.75) is 75.5 Å². The second-order valence-electron chi connectivity index (χ2n) is 6.89. The summed E-state index contributed by atoms with van der Waals surface area (Å²) in [5, 5.41) is 0. The number of hydrogen-bond acceptors (Lipinski definition) is 2. The van der Waals surface area contributed by atoms with E-state index in [1.54, 1.807) is 0 Å². The van der Waals surface area contributed by atoms with Crippen LogP contribution in [0, 0.1) is 0 Å². The van der Waals surface area contributed by atoms with E-state index in [4.69, 9.17) is 6.15 Å². The van der Waals surface area contributed by atoms with Gasteiger partial charge in [-0.3, -0.25) is 0 Å². The van der Waals surface area contributed by atoms with E-state index in [1.807, 2.05) is 0 Å². The first-order valence-electron chi connectivity index (χ1n) is 7.16. The van der Waals surface area contributed by atoms with Crippen LogP contribution in [0.3, 0.4) is 0 Å². The first kappa shape index (κ1) is 19.2. The Kier molecular flexibility index (Phi) is 7.92. The van der Waals surface area contributed by atoms with Crippen molar-refractivity contribution in [3.63, 3.8) is 0 Å². The molecule has 0 atom stereocenters. The van der Waals surface area contributed by atoms with E-state index in [2.05, 4.69) is 79.7 Å². The molecule has 0 fully saturated rings. The Bertz CT molecular complexity index is 274. The van der Waals surface area contributed by atoms with Crippen molar-refractivity contribution >= 4 is 19.2 Å². The molecule has 0 bridgehead atoms. The molecule has 0 saturated heterocycles. The van der Waals surface area contributed by atoms with Crippen LogP contribution in [-0.4, -0.2) is 30.4 Å². The van der Waals surface area contributed by atoms with Gasteiger partial charge in [-0.1, -0.05) is 0 Å². The van der Waals surface area contributed by atoms with Gasteiger partial charge in [-0.05, 0) is 0 Å². The molecule has 0 amide bonds. The molecule has 3 heteroatoms. The van der Waals surface area contributed by atoms with E-state index in [9.17, 15) is 0 Å². The van der Waals surface area contributed by atoms with Crippen LogP contribution in [0.5, 0.6) is 0 Å². The Hall–Kier alpha value is 0.199. The van der Waals surface area contributed by atoms with Gasteiger partial charge in [-0.15, -0.1) is 0 Å². The van der Waals surface area contributed by atoms with E-state index in [-0.39, 0.29) is 11.2 Å². The predicted octanol–water partition coefficient (Wildman–Crippen LogP) is 5.21. The van der Waals surface area contributed by atoms with Gasteiger partial charge in [0.05, 0.1) is 0 Å². The topological polar surface area (TPSA) is 18.5 Å². The molecule has 0 spiro atoms. The fraction of sp³-hybridized carbons (Fsp3) is 0.750. The summed E-state index contributed by atoms with van der Waals surface area (Å²) in [4.78, 5) is 0. The SMILES string of the molecule is CC=C[CH2][Sn]([CH2]C=CC)([O]C(C)(C)C)[O]C(C)(C)C. The average Bonchev–Trinajstić information content (AvgIpc) is 2.19. The minimum atomic E-state index is -3.14. The second-order valence-corrected chi connectivity index (χ2v) is 15.6. The Morgan fingerprint density at radius 1 is 0.737 bits per heavy atom. The van der Waals surface area contributed by atoms with Gasteiger partial charge < -0.3 is 0 Å². The molecule has 0 aromatic carbocycles. The van der Waals surface area contributed by atoms with Crippen molar-refractivity contribution in [2.24, 2.45) is 0 Å². The van der Waals surface area contributed by atoms with Gasteiger partial charge in [0, 0.05) is 0 Å². The summed E-state index contributed by atoms with van der Waals surface area (Å²) in [6.45, 7) is 16.8. The quantitative estimate of drug-likeness (QED) is 0.469. The number of hydrogen-bond donors (Lipinski definition) is 0. The van der Waals surface area contributed by atoms with Crippen molar-refractivity contribution < 1.29 is 6.15 Å². The number of rotatable bonds is 6. The molecule has 19 heavy (non-hydrogen) atoms. The average molecular weight is 375 g/mol. The fourth-order valence-electron chi connectivity index (χ4n) is 1.98. The maximum atomic E-state index is 6.49. The molecule has 0 aliphatic rings. The zero-order valence-corrected chi connectivity index (χ0v) is 16.9. The molecular weight excluding hydrogens is 343 g/mol. The van der Waals surface area contributed by atoms with E-state index < -0.39 is 19.2 Å². The molecule has 0 unspecified atom stereocenters. The van der Waals surface area contributed by atoms with Gasteiger partial charge in [0.1, 0.15) is 0 Å². The summed E-state index contributed by atoms with van der Waals surface area (Å²) in [6.07, 6.45) is 8.60. The summed E-state index contributed by atoms with van der Waals surface area (Å²) in [7, 11) is 0. The van der Waals surface area contributed by atoms with Crippen LogP contribution in [0.25, 0.3) is 0 Å². The monoisotopic (exact) mass is 376 g/mol. The maximum absolute atomic E-state index is 6.49. The molecule has 112 valence electrons. The molecular formula is C16H32O2Sn. The van der Waals surface area contributed by atoms with Crippen molar-refractivity contribution in [1.82, 2.24) is 0 Å². The van der Waals surface area contributed by atoms with E-state index in [1.165, 1.54) is 0 Å². The zero-order valence-electron chi connectivity index (χ0n) is 14.0. The van der Waals surface area contributed by atoms with Crippen molar-refractivity contribution in [1.29, 1.82) is 0 Å². The van der Waals surface area contributed by atoms with Gasteiger partial charge in [-0.2, -0.15) is 0 Å². The molecule has 0 aromatic heterocycles. The molecule has 0 heterocycles. The van der Waals surface area contributed by atoms with Crippen LogP contribution in [0.4, 0.5) is 0 Å². The van der Waals surface area contributed by atoms with Crippen molar-refractivity contribution in [2.75, 3.05) is 0 Å². The van der Waals surface area contributed by atoms with E-state index in [0.717, 1.165) is 8.87 Å². The van der Waals surface area contributed by atoms with Crippen LogP contribution in [0.15, 0.2) is 24.3 Å². The molecule has 0 N–H and O–H groups in total. The third-order valence-electron chi connectivity index (χ3n) is 2.31. The second kappa shape index (κ2) is 7.84. The summed E-state index contributed by atoms with van der Waals surface area (Å²) < 4.78 is 14.9. The molecule has 0 radical (unpaired) electrons. The van der Waals surface area contributed by atoms with Gasteiger partial charge in [0.25, 0.3) is 0 Å². The van der Waals surface area contributed by atoms with Gasteiger partial charge in [-0.25, -0.2) is 0 Å². The van der Waals surface area contributed by atoms with Crippen LogP contribution in [0.1, 0.15) is 55.4 Å². The van der Waals surface area contributed by atoms with Gasteiger partial charge in [0.15, 0.2) is 0 Å². The first-order chi connectivity index (χ1) is 8.54. The third-order valence-corrected chi connectivity index (χ3v) is 12.8. The third kappa shape index (κ3) is 9.69. The van der Waals surface area contributed by atoms with Gasteiger partial charge >= 0.3 is 125 Å². The summed E-state index contributed by atoms with van der Waals surface area (Å²) in [6, 6.07) is 0. The standard InChI is InChI=1S/2C4H9O.2C4H7.Sn/c2*1-4(2,3)5;2*1-3-4-2;/h2*1-3H3;2*3-4H,1H2,2H3;/q2*-1;;;+2. The molecule has 0 aromatic rings.